The lowest BCUT2D eigenvalue weighted by molar-refractivity contribution is 0.146. The van der Waals surface area contributed by atoms with E-state index < -0.39 is 0 Å². The molecule has 0 saturated carbocycles. The van der Waals surface area contributed by atoms with Gasteiger partial charge in [0.25, 0.3) is 0 Å². The second kappa shape index (κ2) is 9.14. The molecule has 1 N–H and O–H groups in total. The maximum atomic E-state index is 13.4. The van der Waals surface area contributed by atoms with Gasteiger partial charge in [0.15, 0.2) is 11.6 Å². The highest BCUT2D eigenvalue weighted by Gasteiger charge is 2.02. The summed E-state index contributed by atoms with van der Waals surface area (Å²) in [7, 11) is 1.46. The van der Waals surface area contributed by atoms with Gasteiger partial charge in [-0.15, -0.1) is 11.6 Å². The second-order valence-electron chi connectivity index (χ2n) is 3.80. The Morgan fingerprint density at radius 3 is 2.83 bits per heavy atom. The first-order valence-corrected chi connectivity index (χ1v) is 6.48. The summed E-state index contributed by atoms with van der Waals surface area (Å²) in [4.78, 5) is 0. The molecule has 0 amide bonds. The molecule has 0 aliphatic carbocycles. The van der Waals surface area contributed by atoms with Crippen LogP contribution in [0.15, 0.2) is 18.2 Å². The molecule has 0 heterocycles. The Morgan fingerprint density at radius 1 is 1.33 bits per heavy atom. The fraction of sp³-hybridized carbons (Fsp3) is 0.538. The average Bonchev–Trinajstić information content (AvgIpc) is 2.38. The predicted octanol–water partition coefficient (Wildman–Crippen LogP) is 2.57. The molecular weight excluding hydrogens is 257 g/mol. The minimum atomic E-state index is -0.331. The van der Waals surface area contributed by atoms with E-state index in [-0.39, 0.29) is 11.6 Å². The van der Waals surface area contributed by atoms with Crippen molar-refractivity contribution in [1.82, 2.24) is 5.32 Å². The van der Waals surface area contributed by atoms with Crippen molar-refractivity contribution in [3.05, 3.63) is 29.6 Å². The molecule has 3 nitrogen and oxygen atoms in total. The van der Waals surface area contributed by atoms with Gasteiger partial charge in [-0.1, -0.05) is 6.07 Å². The van der Waals surface area contributed by atoms with E-state index in [1.807, 2.05) is 6.07 Å². The van der Waals surface area contributed by atoms with Crippen LogP contribution in [0.25, 0.3) is 0 Å². The molecule has 0 bridgehead atoms. The zero-order valence-electron chi connectivity index (χ0n) is 10.5. The molecule has 0 saturated heterocycles. The maximum absolute atomic E-state index is 13.4. The lowest BCUT2D eigenvalue weighted by Crippen LogP contribution is -2.16. The summed E-state index contributed by atoms with van der Waals surface area (Å²) in [6.07, 6.45) is 0.912. The number of hydrogen-bond acceptors (Lipinski definition) is 3. The Labute approximate surface area is 112 Å². The number of alkyl halides is 1. The van der Waals surface area contributed by atoms with Gasteiger partial charge in [0.05, 0.1) is 13.7 Å². The lowest BCUT2D eigenvalue weighted by atomic mass is 10.2. The van der Waals surface area contributed by atoms with Gasteiger partial charge < -0.3 is 14.8 Å². The highest BCUT2D eigenvalue weighted by atomic mass is 35.5. The zero-order valence-corrected chi connectivity index (χ0v) is 11.3. The van der Waals surface area contributed by atoms with Crippen molar-refractivity contribution >= 4 is 11.6 Å². The predicted molar refractivity (Wildman–Crippen MR) is 70.8 cm³/mol. The first kappa shape index (κ1) is 15.2. The largest absolute Gasteiger partial charge is 0.494 e. The van der Waals surface area contributed by atoms with Crippen LogP contribution in [0.1, 0.15) is 12.0 Å². The third-order valence-corrected chi connectivity index (χ3v) is 2.56. The summed E-state index contributed by atoms with van der Waals surface area (Å²) in [5, 5.41) is 3.22. The summed E-state index contributed by atoms with van der Waals surface area (Å²) < 4.78 is 23.5. The highest BCUT2D eigenvalue weighted by Crippen LogP contribution is 2.17. The smallest absolute Gasteiger partial charge is 0.165 e. The molecule has 18 heavy (non-hydrogen) atoms. The summed E-state index contributed by atoms with van der Waals surface area (Å²) in [6, 6.07) is 4.96. The van der Waals surface area contributed by atoms with Gasteiger partial charge in [-0.2, -0.15) is 0 Å². The van der Waals surface area contributed by atoms with Crippen molar-refractivity contribution < 1.29 is 13.9 Å². The van der Waals surface area contributed by atoms with Crippen molar-refractivity contribution in [2.45, 2.75) is 13.0 Å². The molecule has 0 fully saturated rings. The standard InChI is InChI=1S/C13H19ClFNO2/c1-17-13-4-3-11(9-12(13)15)10-16-6-2-7-18-8-5-14/h3-4,9,16H,2,5-8,10H2,1H3. The van der Waals surface area contributed by atoms with Gasteiger partial charge >= 0.3 is 0 Å². The van der Waals surface area contributed by atoms with Crippen molar-refractivity contribution in [2.24, 2.45) is 0 Å². The number of benzene rings is 1. The van der Waals surface area contributed by atoms with Crippen LogP contribution in [0.4, 0.5) is 4.39 Å². The Morgan fingerprint density at radius 2 is 2.17 bits per heavy atom. The molecule has 102 valence electrons. The van der Waals surface area contributed by atoms with E-state index in [1.165, 1.54) is 13.2 Å². The summed E-state index contributed by atoms with van der Waals surface area (Å²) in [6.45, 7) is 2.74. The third-order valence-electron chi connectivity index (χ3n) is 2.41. The molecule has 0 unspecified atom stereocenters. The van der Waals surface area contributed by atoms with Crippen molar-refractivity contribution in [3.63, 3.8) is 0 Å². The van der Waals surface area contributed by atoms with Gasteiger partial charge in [0.1, 0.15) is 0 Å². The third kappa shape index (κ3) is 5.67. The molecule has 1 rings (SSSR count). The normalized spacial score (nSPS) is 10.6. The molecule has 5 heteroatoms. The van der Waals surface area contributed by atoms with E-state index in [0.717, 1.165) is 18.5 Å². The molecule has 0 atom stereocenters. The number of hydrogen-bond donors (Lipinski definition) is 1. The van der Waals surface area contributed by atoms with E-state index in [2.05, 4.69) is 5.32 Å². The van der Waals surface area contributed by atoms with Gasteiger partial charge in [-0.05, 0) is 30.7 Å². The number of rotatable bonds is 9. The topological polar surface area (TPSA) is 30.5 Å². The molecule has 0 aliphatic heterocycles. The fourth-order valence-electron chi connectivity index (χ4n) is 1.51. The molecular formula is C13H19ClFNO2. The molecule has 1 aromatic rings. The average molecular weight is 276 g/mol. The Hall–Kier alpha value is -0.840. The van der Waals surface area contributed by atoms with Crippen LogP contribution in [0, 0.1) is 5.82 Å². The lowest BCUT2D eigenvalue weighted by Gasteiger charge is -2.07. The van der Waals surface area contributed by atoms with Gasteiger partial charge in [0, 0.05) is 19.0 Å². The highest BCUT2D eigenvalue weighted by molar-refractivity contribution is 6.17. The van der Waals surface area contributed by atoms with Gasteiger partial charge in [-0.25, -0.2) is 4.39 Å². The number of nitrogens with one attached hydrogen (secondary N) is 1. The van der Waals surface area contributed by atoms with Gasteiger partial charge in [-0.3, -0.25) is 0 Å². The second-order valence-corrected chi connectivity index (χ2v) is 4.18. The fourth-order valence-corrected chi connectivity index (χ4v) is 1.62. The molecule has 1 aromatic carbocycles. The van der Waals surface area contributed by atoms with Crippen LogP contribution in [-0.2, 0) is 11.3 Å². The number of methoxy groups -OCH3 is 1. The van der Waals surface area contributed by atoms with E-state index in [4.69, 9.17) is 21.1 Å². The minimum absolute atomic E-state index is 0.272. The van der Waals surface area contributed by atoms with E-state index in [9.17, 15) is 4.39 Å². The SMILES string of the molecule is COc1ccc(CNCCCOCCCl)cc1F. The van der Waals surface area contributed by atoms with Crippen molar-refractivity contribution in [3.8, 4) is 5.75 Å². The molecule has 0 aliphatic rings. The van der Waals surface area contributed by atoms with Crippen LogP contribution in [0.2, 0.25) is 0 Å². The van der Waals surface area contributed by atoms with E-state index >= 15 is 0 Å². The summed E-state index contributed by atoms with van der Waals surface area (Å²) >= 11 is 5.47. The van der Waals surface area contributed by atoms with Crippen LogP contribution < -0.4 is 10.1 Å². The Kier molecular flexibility index (Phi) is 7.73. The van der Waals surface area contributed by atoms with Crippen molar-refractivity contribution in [2.75, 3.05) is 32.7 Å². The maximum Gasteiger partial charge on any atom is 0.165 e. The van der Waals surface area contributed by atoms with E-state index in [0.29, 0.717) is 25.6 Å². The van der Waals surface area contributed by atoms with Crippen LogP contribution >= 0.6 is 11.6 Å². The molecule has 0 radical (unpaired) electrons. The Bertz CT molecular complexity index is 350. The van der Waals surface area contributed by atoms with Gasteiger partial charge in [0.2, 0.25) is 0 Å². The first-order valence-electron chi connectivity index (χ1n) is 5.94. The first-order chi connectivity index (χ1) is 8.77. The van der Waals surface area contributed by atoms with E-state index in [1.54, 1.807) is 6.07 Å². The Balaban J connectivity index is 2.17. The summed E-state index contributed by atoms with van der Waals surface area (Å²) in [5.74, 6) is 0.467. The minimum Gasteiger partial charge on any atom is -0.494 e. The zero-order chi connectivity index (χ0) is 13.2. The van der Waals surface area contributed by atoms with Crippen LogP contribution in [-0.4, -0.2) is 32.7 Å². The monoisotopic (exact) mass is 275 g/mol. The number of ether oxygens (including phenoxy) is 2. The number of halogens is 2. The molecule has 0 aromatic heterocycles. The quantitative estimate of drug-likeness (QED) is 0.555. The van der Waals surface area contributed by atoms with Crippen LogP contribution in [0.3, 0.4) is 0 Å². The van der Waals surface area contributed by atoms with Crippen molar-refractivity contribution in [1.29, 1.82) is 0 Å². The van der Waals surface area contributed by atoms with Crippen LogP contribution in [0.5, 0.6) is 5.75 Å². The molecule has 0 spiro atoms. The summed E-state index contributed by atoms with van der Waals surface area (Å²) in [5.41, 5.74) is 0.898.